The second kappa shape index (κ2) is 8.75. The number of benzene rings is 2. The Hall–Kier alpha value is -3.06. The number of nitrogens with one attached hydrogen (secondary N) is 1. The molecule has 1 atom stereocenters. The van der Waals surface area contributed by atoms with Gasteiger partial charge in [-0.15, -0.1) is 5.10 Å². The zero-order chi connectivity index (χ0) is 21.1. The van der Waals surface area contributed by atoms with Crippen molar-refractivity contribution in [3.63, 3.8) is 0 Å². The van der Waals surface area contributed by atoms with Gasteiger partial charge in [0.05, 0.1) is 12.2 Å². The van der Waals surface area contributed by atoms with Crippen LogP contribution in [0.4, 0.5) is 5.95 Å². The summed E-state index contributed by atoms with van der Waals surface area (Å²) in [7, 11) is 0. The van der Waals surface area contributed by atoms with Gasteiger partial charge in [-0.1, -0.05) is 66.4 Å². The lowest BCUT2D eigenvalue weighted by Crippen LogP contribution is -2.30. The van der Waals surface area contributed by atoms with Crippen LogP contribution in [0.3, 0.4) is 0 Å². The van der Waals surface area contributed by atoms with Crippen molar-refractivity contribution < 1.29 is 9.53 Å². The van der Waals surface area contributed by atoms with Crippen LogP contribution >= 0.6 is 11.8 Å². The molecule has 1 unspecified atom stereocenters. The molecule has 0 bridgehead atoms. The van der Waals surface area contributed by atoms with E-state index >= 15 is 0 Å². The standard InChI is InChI=1S/C23H24N4O2S/c1-4-29-21(28)19-16(3)24-22-25-23(30-14-17-11-6-5-7-12-17)26-27(22)20(19)18-13-9-8-10-15(18)2/h5-13,20H,4,14H2,1-3H3,(H,24,25,26). The van der Waals surface area contributed by atoms with Crippen LogP contribution in [0.25, 0.3) is 0 Å². The lowest BCUT2D eigenvalue weighted by molar-refractivity contribution is -0.139. The summed E-state index contributed by atoms with van der Waals surface area (Å²) in [6.07, 6.45) is 0. The van der Waals surface area contributed by atoms with Gasteiger partial charge in [0.2, 0.25) is 11.1 Å². The van der Waals surface area contributed by atoms with Gasteiger partial charge in [-0.25, -0.2) is 9.48 Å². The molecule has 0 aliphatic carbocycles. The van der Waals surface area contributed by atoms with E-state index < -0.39 is 0 Å². The second-order valence-electron chi connectivity index (χ2n) is 7.08. The predicted octanol–water partition coefficient (Wildman–Crippen LogP) is 4.73. The fourth-order valence-electron chi connectivity index (χ4n) is 3.57. The number of anilines is 1. The van der Waals surface area contributed by atoms with E-state index in [4.69, 9.17) is 9.84 Å². The highest BCUT2D eigenvalue weighted by atomic mass is 32.2. The quantitative estimate of drug-likeness (QED) is 0.459. The fraction of sp³-hybridized carbons (Fsp3) is 0.261. The van der Waals surface area contributed by atoms with Crippen molar-refractivity contribution in [3.8, 4) is 0 Å². The summed E-state index contributed by atoms with van der Waals surface area (Å²) in [6.45, 7) is 6.05. The van der Waals surface area contributed by atoms with Gasteiger partial charge in [0.15, 0.2) is 0 Å². The molecular formula is C23H24N4O2S. The molecule has 2 heterocycles. The molecule has 1 aliphatic rings. The van der Waals surface area contributed by atoms with Crippen molar-refractivity contribution in [3.05, 3.63) is 82.6 Å². The van der Waals surface area contributed by atoms with Crippen LogP contribution in [-0.2, 0) is 15.3 Å². The number of allylic oxidation sites excluding steroid dienone is 1. The Bertz CT molecular complexity index is 1090. The summed E-state index contributed by atoms with van der Waals surface area (Å²) in [5, 5.41) is 8.66. The molecule has 0 radical (unpaired) electrons. The van der Waals surface area contributed by atoms with Gasteiger partial charge < -0.3 is 10.1 Å². The number of aromatic nitrogens is 3. The third kappa shape index (κ3) is 3.98. The SMILES string of the molecule is CCOC(=O)C1=C(C)Nc2nc(SCc3ccccc3)nn2C1c1ccccc1C. The number of ether oxygens (including phenoxy) is 1. The van der Waals surface area contributed by atoms with Crippen molar-refractivity contribution in [2.75, 3.05) is 11.9 Å². The Morgan fingerprint density at radius 1 is 1.13 bits per heavy atom. The normalized spacial score (nSPS) is 15.5. The first-order valence-corrected chi connectivity index (χ1v) is 10.9. The number of hydrogen-bond acceptors (Lipinski definition) is 6. The molecule has 1 N–H and O–H groups in total. The number of hydrogen-bond donors (Lipinski definition) is 1. The lowest BCUT2D eigenvalue weighted by Gasteiger charge is -2.28. The minimum Gasteiger partial charge on any atom is -0.463 e. The average Bonchev–Trinajstić information content (AvgIpc) is 3.15. The molecule has 2 aromatic carbocycles. The number of aryl methyl sites for hydroxylation is 1. The zero-order valence-electron chi connectivity index (χ0n) is 17.3. The van der Waals surface area contributed by atoms with Gasteiger partial charge in [0.1, 0.15) is 6.04 Å². The van der Waals surface area contributed by atoms with Crippen LogP contribution < -0.4 is 5.32 Å². The highest BCUT2D eigenvalue weighted by Gasteiger charge is 2.35. The van der Waals surface area contributed by atoms with Crippen LogP contribution in [0.5, 0.6) is 0 Å². The molecule has 4 rings (SSSR count). The molecule has 7 heteroatoms. The van der Waals surface area contributed by atoms with Crippen LogP contribution in [0.15, 0.2) is 71.0 Å². The molecule has 0 fully saturated rings. The van der Waals surface area contributed by atoms with E-state index in [9.17, 15) is 4.79 Å². The Balaban J connectivity index is 1.72. The van der Waals surface area contributed by atoms with Crippen molar-refractivity contribution in [1.82, 2.24) is 14.8 Å². The van der Waals surface area contributed by atoms with E-state index in [-0.39, 0.29) is 12.0 Å². The van der Waals surface area contributed by atoms with Gasteiger partial charge in [0, 0.05) is 11.4 Å². The van der Waals surface area contributed by atoms with E-state index in [0.717, 1.165) is 22.6 Å². The maximum Gasteiger partial charge on any atom is 0.338 e. The Morgan fingerprint density at radius 2 is 1.87 bits per heavy atom. The number of esters is 1. The van der Waals surface area contributed by atoms with Gasteiger partial charge in [0.25, 0.3) is 0 Å². The van der Waals surface area contributed by atoms with E-state index in [2.05, 4.69) is 22.4 Å². The first kappa shape index (κ1) is 20.2. The fourth-order valence-corrected chi connectivity index (χ4v) is 4.35. The summed E-state index contributed by atoms with van der Waals surface area (Å²) in [4.78, 5) is 17.5. The van der Waals surface area contributed by atoms with Gasteiger partial charge in [-0.3, -0.25) is 0 Å². The lowest BCUT2D eigenvalue weighted by atomic mass is 9.93. The first-order chi connectivity index (χ1) is 14.6. The Morgan fingerprint density at radius 3 is 2.60 bits per heavy atom. The third-order valence-corrected chi connectivity index (χ3v) is 5.93. The molecule has 1 aromatic heterocycles. The number of carbonyl (C=O) groups excluding carboxylic acids is 1. The van der Waals surface area contributed by atoms with Crippen LogP contribution in [0.2, 0.25) is 0 Å². The largest absolute Gasteiger partial charge is 0.463 e. The van der Waals surface area contributed by atoms with Gasteiger partial charge in [-0.05, 0) is 37.5 Å². The van der Waals surface area contributed by atoms with Crippen LogP contribution in [0, 0.1) is 6.92 Å². The van der Waals surface area contributed by atoms with Crippen LogP contribution in [0.1, 0.15) is 36.6 Å². The summed E-state index contributed by atoms with van der Waals surface area (Å²) < 4.78 is 7.17. The number of carbonyl (C=O) groups is 1. The summed E-state index contributed by atoms with van der Waals surface area (Å²) in [5.41, 5.74) is 4.59. The molecule has 0 saturated carbocycles. The van der Waals surface area contributed by atoms with E-state index in [1.807, 2.05) is 63.2 Å². The molecule has 0 amide bonds. The average molecular weight is 421 g/mol. The van der Waals surface area contributed by atoms with Crippen molar-refractivity contribution in [1.29, 1.82) is 0 Å². The molecule has 154 valence electrons. The Labute approximate surface area is 180 Å². The highest BCUT2D eigenvalue weighted by molar-refractivity contribution is 7.98. The van der Waals surface area contributed by atoms with Gasteiger partial charge >= 0.3 is 5.97 Å². The maximum atomic E-state index is 12.8. The Kier molecular flexibility index (Phi) is 5.90. The molecule has 6 nitrogen and oxygen atoms in total. The molecule has 0 saturated heterocycles. The van der Waals surface area contributed by atoms with Crippen LogP contribution in [-0.4, -0.2) is 27.3 Å². The molecule has 30 heavy (non-hydrogen) atoms. The highest BCUT2D eigenvalue weighted by Crippen LogP contribution is 2.38. The number of thioether (sulfide) groups is 1. The van der Waals surface area contributed by atoms with E-state index in [0.29, 0.717) is 23.3 Å². The number of nitrogens with zero attached hydrogens (tertiary/aromatic N) is 3. The number of rotatable bonds is 6. The van der Waals surface area contributed by atoms with Gasteiger partial charge in [-0.2, -0.15) is 4.98 Å². The molecule has 3 aromatic rings. The summed E-state index contributed by atoms with van der Waals surface area (Å²) in [6, 6.07) is 17.9. The van der Waals surface area contributed by atoms with E-state index in [1.54, 1.807) is 16.4 Å². The summed E-state index contributed by atoms with van der Waals surface area (Å²) >= 11 is 1.57. The minimum absolute atomic E-state index is 0.318. The van der Waals surface area contributed by atoms with Crippen molar-refractivity contribution in [2.24, 2.45) is 0 Å². The smallest absolute Gasteiger partial charge is 0.338 e. The topological polar surface area (TPSA) is 69.0 Å². The maximum absolute atomic E-state index is 12.8. The monoisotopic (exact) mass is 420 g/mol. The second-order valence-corrected chi connectivity index (χ2v) is 8.02. The molecular weight excluding hydrogens is 396 g/mol. The zero-order valence-corrected chi connectivity index (χ0v) is 18.1. The third-order valence-electron chi connectivity index (χ3n) is 5.02. The number of fused-ring (bicyclic) bond motifs is 1. The van der Waals surface area contributed by atoms with E-state index in [1.165, 1.54) is 5.56 Å². The van der Waals surface area contributed by atoms with Crippen molar-refractivity contribution >= 4 is 23.7 Å². The minimum atomic E-state index is -0.389. The molecule has 1 aliphatic heterocycles. The first-order valence-electron chi connectivity index (χ1n) is 9.92. The molecule has 0 spiro atoms. The summed E-state index contributed by atoms with van der Waals surface area (Å²) in [5.74, 6) is 1.07. The predicted molar refractivity (Wildman–Crippen MR) is 118 cm³/mol. The van der Waals surface area contributed by atoms with Crippen molar-refractivity contribution in [2.45, 2.75) is 37.7 Å².